The maximum atomic E-state index is 13.2. The quantitative estimate of drug-likeness (QED) is 0.773. The highest BCUT2D eigenvalue weighted by atomic mass is 35.5. The fourth-order valence-electron chi connectivity index (χ4n) is 1.03. The van der Waals surface area contributed by atoms with Gasteiger partial charge in [0.1, 0.15) is 11.6 Å². The number of nitrogens with two attached hydrogens (primary N) is 1. The third-order valence-corrected chi connectivity index (χ3v) is 2.04. The van der Waals surface area contributed by atoms with Crippen molar-refractivity contribution in [2.75, 3.05) is 0 Å². The second-order valence-electron chi connectivity index (χ2n) is 2.76. The molecule has 1 rings (SSSR count). The van der Waals surface area contributed by atoms with Gasteiger partial charge in [-0.3, -0.25) is 0 Å². The Labute approximate surface area is 84.9 Å². The number of rotatable bonds is 2. The van der Waals surface area contributed by atoms with Crippen LogP contribution in [-0.2, 0) is 0 Å². The van der Waals surface area contributed by atoms with Gasteiger partial charge in [-0.1, -0.05) is 11.6 Å². The molecular formula is C9H7ClF2N2. The average molecular weight is 217 g/mol. The van der Waals surface area contributed by atoms with Crippen LogP contribution in [0.2, 0.25) is 5.02 Å². The van der Waals surface area contributed by atoms with Crippen LogP contribution in [0.25, 0.3) is 0 Å². The molecule has 0 saturated carbocycles. The van der Waals surface area contributed by atoms with Crippen LogP contribution in [0.1, 0.15) is 18.0 Å². The van der Waals surface area contributed by atoms with Crippen molar-refractivity contribution in [1.29, 1.82) is 5.26 Å². The predicted molar refractivity (Wildman–Crippen MR) is 48.5 cm³/mol. The van der Waals surface area contributed by atoms with Crippen LogP contribution >= 0.6 is 11.6 Å². The van der Waals surface area contributed by atoms with Crippen molar-refractivity contribution in [2.45, 2.75) is 12.5 Å². The maximum Gasteiger partial charge on any atom is 0.142 e. The molecule has 0 heterocycles. The van der Waals surface area contributed by atoms with Gasteiger partial charge in [-0.15, -0.1) is 0 Å². The second kappa shape index (κ2) is 4.36. The van der Waals surface area contributed by atoms with E-state index >= 15 is 0 Å². The first-order valence-electron chi connectivity index (χ1n) is 3.83. The zero-order chi connectivity index (χ0) is 10.7. The second-order valence-corrected chi connectivity index (χ2v) is 3.16. The summed E-state index contributed by atoms with van der Waals surface area (Å²) < 4.78 is 26.1. The van der Waals surface area contributed by atoms with Crippen molar-refractivity contribution in [3.63, 3.8) is 0 Å². The van der Waals surface area contributed by atoms with Gasteiger partial charge in [0.05, 0.1) is 17.5 Å². The fourth-order valence-corrected chi connectivity index (χ4v) is 1.18. The minimum absolute atomic E-state index is 0.0338. The molecule has 0 spiro atoms. The molecule has 0 radical (unpaired) electrons. The Hall–Kier alpha value is -1.18. The summed E-state index contributed by atoms with van der Waals surface area (Å²) >= 11 is 5.35. The lowest BCUT2D eigenvalue weighted by molar-refractivity contribution is 0.565. The van der Waals surface area contributed by atoms with E-state index in [1.807, 2.05) is 0 Å². The zero-order valence-electron chi connectivity index (χ0n) is 7.10. The Kier molecular flexibility index (Phi) is 3.39. The van der Waals surface area contributed by atoms with Crippen LogP contribution in [0.3, 0.4) is 0 Å². The molecule has 2 nitrogen and oxygen atoms in total. The third kappa shape index (κ3) is 2.19. The largest absolute Gasteiger partial charge is 0.323 e. The molecule has 0 aromatic heterocycles. The van der Waals surface area contributed by atoms with Gasteiger partial charge < -0.3 is 5.73 Å². The molecule has 0 aliphatic carbocycles. The van der Waals surface area contributed by atoms with Crippen LogP contribution in [0, 0.1) is 23.0 Å². The Morgan fingerprint density at radius 3 is 2.64 bits per heavy atom. The summed E-state index contributed by atoms with van der Waals surface area (Å²) in [5, 5.41) is 8.04. The lowest BCUT2D eigenvalue weighted by Gasteiger charge is -2.09. The van der Waals surface area contributed by atoms with Crippen molar-refractivity contribution in [3.8, 4) is 6.07 Å². The molecule has 0 amide bonds. The SMILES string of the molecule is N#CC[C@@H](N)c1cc(F)c(Cl)cc1F. The highest BCUT2D eigenvalue weighted by Gasteiger charge is 2.14. The van der Waals surface area contributed by atoms with Gasteiger partial charge in [0, 0.05) is 11.6 Å². The molecule has 0 saturated heterocycles. The van der Waals surface area contributed by atoms with E-state index < -0.39 is 17.7 Å². The van der Waals surface area contributed by atoms with E-state index in [1.165, 1.54) is 0 Å². The summed E-state index contributed by atoms with van der Waals surface area (Å²) in [6.07, 6.45) is -0.0714. The highest BCUT2D eigenvalue weighted by molar-refractivity contribution is 6.30. The van der Waals surface area contributed by atoms with Crippen molar-refractivity contribution in [1.82, 2.24) is 0 Å². The molecule has 1 aromatic rings. The van der Waals surface area contributed by atoms with Crippen LogP contribution in [-0.4, -0.2) is 0 Å². The number of hydrogen-bond acceptors (Lipinski definition) is 2. The minimum atomic E-state index is -0.827. The van der Waals surface area contributed by atoms with Gasteiger partial charge in [0.25, 0.3) is 0 Å². The van der Waals surface area contributed by atoms with Gasteiger partial charge in [-0.05, 0) is 12.1 Å². The molecule has 0 aliphatic rings. The number of halogens is 3. The van der Waals surface area contributed by atoms with E-state index in [0.717, 1.165) is 12.1 Å². The molecule has 1 atom stereocenters. The van der Waals surface area contributed by atoms with E-state index in [9.17, 15) is 8.78 Å². The summed E-state index contributed by atoms with van der Waals surface area (Å²) in [5.74, 6) is -1.43. The number of nitriles is 1. The fraction of sp³-hybridized carbons (Fsp3) is 0.222. The molecule has 0 fully saturated rings. The normalized spacial score (nSPS) is 12.2. The Morgan fingerprint density at radius 1 is 1.43 bits per heavy atom. The van der Waals surface area contributed by atoms with Gasteiger partial charge in [-0.2, -0.15) is 5.26 Å². The maximum absolute atomic E-state index is 13.2. The summed E-state index contributed by atoms with van der Waals surface area (Å²) in [4.78, 5) is 0. The van der Waals surface area contributed by atoms with Crippen LogP contribution in [0.15, 0.2) is 12.1 Å². The molecule has 5 heteroatoms. The molecule has 0 aliphatic heterocycles. The van der Waals surface area contributed by atoms with Gasteiger partial charge in [-0.25, -0.2) is 8.78 Å². The average Bonchev–Trinajstić information content (AvgIpc) is 2.11. The van der Waals surface area contributed by atoms with Crippen LogP contribution < -0.4 is 5.73 Å². The van der Waals surface area contributed by atoms with E-state index in [4.69, 9.17) is 22.6 Å². The Balaban J connectivity index is 3.10. The van der Waals surface area contributed by atoms with Crippen LogP contribution in [0.4, 0.5) is 8.78 Å². The lowest BCUT2D eigenvalue weighted by Crippen LogP contribution is -2.11. The van der Waals surface area contributed by atoms with Crippen molar-refractivity contribution >= 4 is 11.6 Å². The molecule has 14 heavy (non-hydrogen) atoms. The first-order valence-corrected chi connectivity index (χ1v) is 4.21. The Morgan fingerprint density at radius 2 is 2.07 bits per heavy atom. The lowest BCUT2D eigenvalue weighted by atomic mass is 10.0. The van der Waals surface area contributed by atoms with E-state index in [1.54, 1.807) is 6.07 Å². The molecular weight excluding hydrogens is 210 g/mol. The van der Waals surface area contributed by atoms with Gasteiger partial charge >= 0.3 is 0 Å². The van der Waals surface area contributed by atoms with Crippen LogP contribution in [0.5, 0.6) is 0 Å². The molecule has 2 N–H and O–H groups in total. The summed E-state index contributed by atoms with van der Waals surface area (Å²) in [6.45, 7) is 0. The van der Waals surface area contributed by atoms with Crippen molar-refractivity contribution in [2.24, 2.45) is 5.73 Å². The highest BCUT2D eigenvalue weighted by Crippen LogP contribution is 2.24. The topological polar surface area (TPSA) is 49.8 Å². The number of hydrogen-bond donors (Lipinski definition) is 1. The first kappa shape index (κ1) is 10.9. The predicted octanol–water partition coefficient (Wildman–Crippen LogP) is 2.53. The molecule has 1 aromatic carbocycles. The number of nitrogens with zero attached hydrogens (tertiary/aromatic N) is 1. The van der Waals surface area contributed by atoms with Crippen molar-refractivity contribution < 1.29 is 8.78 Å². The van der Waals surface area contributed by atoms with Gasteiger partial charge in [0.2, 0.25) is 0 Å². The number of benzene rings is 1. The first-order chi connectivity index (χ1) is 6.56. The summed E-state index contributed by atoms with van der Waals surface area (Å²) in [6, 6.07) is 2.72. The van der Waals surface area contributed by atoms with E-state index in [2.05, 4.69) is 0 Å². The minimum Gasteiger partial charge on any atom is -0.323 e. The van der Waals surface area contributed by atoms with E-state index in [-0.39, 0.29) is 17.0 Å². The monoisotopic (exact) mass is 216 g/mol. The van der Waals surface area contributed by atoms with E-state index in [0.29, 0.717) is 0 Å². The Bertz CT molecular complexity index is 387. The molecule has 74 valence electrons. The van der Waals surface area contributed by atoms with Crippen molar-refractivity contribution in [3.05, 3.63) is 34.4 Å². The van der Waals surface area contributed by atoms with Gasteiger partial charge in [0.15, 0.2) is 0 Å². The zero-order valence-corrected chi connectivity index (χ0v) is 7.85. The molecule has 0 bridgehead atoms. The summed E-state index contributed by atoms with van der Waals surface area (Å²) in [5.41, 5.74) is 5.42. The molecule has 0 unspecified atom stereocenters. The smallest absolute Gasteiger partial charge is 0.142 e. The summed E-state index contributed by atoms with van der Waals surface area (Å²) in [7, 11) is 0. The third-order valence-electron chi connectivity index (χ3n) is 1.75. The standard InChI is InChI=1S/C9H7ClF2N2/c10-6-4-7(11)5(3-8(6)12)9(14)1-2-13/h3-4,9H,1,14H2/t9-/m1/s1.